The molecule has 10 aromatic rings. The van der Waals surface area contributed by atoms with Crippen LogP contribution in [0.2, 0.25) is 0 Å². The molecule has 10 aromatic carbocycles. The number of benzene rings is 10. The second-order valence-electron chi connectivity index (χ2n) is 46.1. The summed E-state index contributed by atoms with van der Waals surface area (Å²) in [5.74, 6) is 0. The van der Waals surface area contributed by atoms with Gasteiger partial charge in [-0.2, -0.15) is 0 Å². The van der Waals surface area contributed by atoms with Crippen LogP contribution in [0.25, 0.3) is 10.8 Å². The molecular weight excluding hydrogens is 1750 g/mol. The molecule has 0 saturated heterocycles. The number of hydrogen-bond acceptors (Lipinski definition) is 0. The van der Waals surface area contributed by atoms with Crippen LogP contribution in [0.1, 0.15) is 548 Å². The van der Waals surface area contributed by atoms with Crippen molar-refractivity contribution in [3.8, 4) is 0 Å². The smallest absolute Gasteiger partial charge is 0.0108 e. The summed E-state index contributed by atoms with van der Waals surface area (Å²) in [6, 6.07) is 82.2. The van der Waals surface area contributed by atoms with E-state index < -0.39 is 0 Å². The SMILES string of the molecule is CCCCCCCCCc1ccc(CCc2c(CCc3ccc(CCCCCCCCC)cc3)c(CCc3ccc(CCCCCCCCC)cc3)c3c(CCc4ccc(CCCCCCCCC)cc4)c(CCc4ccc(CCCCCCCCC)cc4)c(CCc4ccc(CCCCCCCCC)cc4)c(CCc4ccc(CCCCCCCCC)cc4)c3c2CCc2ccc(CCCCCCCCC)cc2)cc1. The summed E-state index contributed by atoms with van der Waals surface area (Å²) in [6.45, 7) is 18.8. The van der Waals surface area contributed by atoms with Gasteiger partial charge in [0.1, 0.15) is 0 Å². The van der Waals surface area contributed by atoms with Crippen LogP contribution in [-0.2, 0) is 154 Å². The van der Waals surface area contributed by atoms with Crippen molar-refractivity contribution in [2.45, 2.75) is 569 Å². The lowest BCUT2D eigenvalue weighted by Crippen LogP contribution is -2.17. The zero-order valence-electron chi connectivity index (χ0n) is 96.0. The molecule has 0 spiro atoms. The minimum atomic E-state index is 1.02. The standard InChI is InChI=1S/C146H216/c1-9-17-25-33-41-49-57-65-121-73-89-129(90-74-121)105-113-137-138(114-106-130-91-75-122(76-92-130)66-58-50-42-34-26-18-10-2)142(118-110-134-99-83-126(84-100-134)70-62-54-46-38-30-22-14-6)146-144(120-112-136-103-87-128(88-104-136)72-64-56-48-40-32-24-16-8)140(116-108-132-95-79-124(80-96-132)68-60-52-44-36-28-20-12-4)139(115-107-131-93-77-123(78-94-131)67-59-51-43-35-27-19-11-3)143(119-111-135-101-85-127(86-102-135)71-63-55-47-39-31-23-15-7)145(146)141(137)117-109-133-97-81-125(82-98-133)69-61-53-45-37-29-21-13-5/h73-104H,9-72,105-120H2,1-8H3. The van der Waals surface area contributed by atoms with Gasteiger partial charge in [-0.05, 0) is 350 Å². The van der Waals surface area contributed by atoms with Crippen LogP contribution in [0.3, 0.4) is 0 Å². The van der Waals surface area contributed by atoms with Crippen molar-refractivity contribution in [1.29, 1.82) is 0 Å². The van der Waals surface area contributed by atoms with E-state index in [4.69, 9.17) is 0 Å². The van der Waals surface area contributed by atoms with Gasteiger partial charge < -0.3 is 0 Å². The third kappa shape index (κ3) is 48.0. The summed E-state index contributed by atoms with van der Waals surface area (Å²) < 4.78 is 0. The Morgan fingerprint density at radius 1 is 0.0822 bits per heavy atom. The molecule has 0 saturated carbocycles. The number of rotatable bonds is 88. The lowest BCUT2D eigenvalue weighted by molar-refractivity contribution is 0.589. The number of unbranched alkanes of at least 4 members (excludes halogenated alkanes) is 48. The molecule has 0 heterocycles. The van der Waals surface area contributed by atoms with E-state index in [-0.39, 0.29) is 0 Å². The largest absolute Gasteiger partial charge is 0.0654 e. The minimum absolute atomic E-state index is 1.02. The zero-order chi connectivity index (χ0) is 102. The summed E-state index contributed by atoms with van der Waals surface area (Å²) in [5, 5.41) is 3.35. The highest BCUT2D eigenvalue weighted by Crippen LogP contribution is 2.45. The molecule has 0 atom stereocenters. The average molecular weight is 1970 g/mol. The molecule has 0 unspecified atom stereocenters. The summed E-state index contributed by atoms with van der Waals surface area (Å²) in [4.78, 5) is 0. The van der Waals surface area contributed by atoms with Crippen molar-refractivity contribution >= 4 is 10.8 Å². The molecule has 0 aliphatic carbocycles. The van der Waals surface area contributed by atoms with Gasteiger partial charge in [0.05, 0.1) is 0 Å². The first kappa shape index (κ1) is 120. The molecule has 800 valence electrons. The second-order valence-corrected chi connectivity index (χ2v) is 46.1. The molecule has 0 bridgehead atoms. The fraction of sp³-hybridized carbons (Fsp3) is 0.603. The minimum Gasteiger partial charge on any atom is -0.0654 e. The molecule has 0 nitrogen and oxygen atoms in total. The molecule has 0 N–H and O–H groups in total. The molecule has 0 heteroatoms. The summed E-state index contributed by atoms with van der Waals surface area (Å²) in [5.41, 5.74) is 37.6. The Morgan fingerprint density at radius 3 is 0.267 bits per heavy atom. The predicted octanol–water partition coefficient (Wildman–Crippen LogP) is 43.5. The summed E-state index contributed by atoms with van der Waals surface area (Å²) in [7, 11) is 0. The Labute approximate surface area is 901 Å². The van der Waals surface area contributed by atoms with E-state index in [1.165, 1.54) is 500 Å². The monoisotopic (exact) mass is 1970 g/mol. The normalized spacial score (nSPS) is 11.7. The van der Waals surface area contributed by atoms with E-state index in [9.17, 15) is 0 Å². The lowest BCUT2D eigenvalue weighted by atomic mass is 9.73. The fourth-order valence-electron chi connectivity index (χ4n) is 24.0. The molecule has 146 heavy (non-hydrogen) atoms. The van der Waals surface area contributed by atoms with Crippen molar-refractivity contribution in [3.05, 3.63) is 328 Å². The highest BCUT2D eigenvalue weighted by atomic mass is 14.3. The summed E-state index contributed by atoms with van der Waals surface area (Å²) in [6.07, 6.45) is 101. The zero-order valence-corrected chi connectivity index (χ0v) is 96.0. The Morgan fingerprint density at radius 2 is 0.164 bits per heavy atom. The third-order valence-electron chi connectivity index (χ3n) is 33.7. The maximum atomic E-state index is 2.59. The van der Waals surface area contributed by atoms with E-state index in [0.29, 0.717) is 0 Å². The molecule has 10 rings (SSSR count). The highest BCUT2D eigenvalue weighted by molar-refractivity contribution is 5.99. The highest BCUT2D eigenvalue weighted by Gasteiger charge is 2.30. The van der Waals surface area contributed by atoms with Gasteiger partial charge >= 0.3 is 0 Å². The molecule has 0 amide bonds. The van der Waals surface area contributed by atoms with Crippen LogP contribution in [-0.4, -0.2) is 0 Å². The predicted molar refractivity (Wildman–Crippen MR) is 648 cm³/mol. The molecule has 0 fully saturated rings. The van der Waals surface area contributed by atoms with Gasteiger partial charge in [0.2, 0.25) is 0 Å². The number of hydrogen-bond donors (Lipinski definition) is 0. The molecule has 0 aromatic heterocycles. The second kappa shape index (κ2) is 76.9. The van der Waals surface area contributed by atoms with Crippen LogP contribution in [0, 0.1) is 0 Å². The Kier molecular flexibility index (Phi) is 63.4. The molecule has 0 aliphatic heterocycles. The van der Waals surface area contributed by atoms with E-state index in [0.717, 1.165) is 103 Å². The maximum absolute atomic E-state index is 2.59. The van der Waals surface area contributed by atoms with Gasteiger partial charge in [-0.15, -0.1) is 0 Å². The lowest BCUT2D eigenvalue weighted by Gasteiger charge is -2.31. The topological polar surface area (TPSA) is 0 Å². The Bertz CT molecular complexity index is 4270. The Balaban J connectivity index is 1.25. The first-order valence-corrected chi connectivity index (χ1v) is 63.5. The number of aryl methyl sites for hydroxylation is 20. The van der Waals surface area contributed by atoms with Gasteiger partial charge in [0.25, 0.3) is 0 Å². The van der Waals surface area contributed by atoms with Crippen molar-refractivity contribution in [1.82, 2.24) is 0 Å². The van der Waals surface area contributed by atoms with E-state index in [1.54, 1.807) is 55.3 Å². The Hall–Kier alpha value is -7.54. The van der Waals surface area contributed by atoms with Crippen molar-refractivity contribution in [2.24, 2.45) is 0 Å². The molecule has 0 aliphatic rings. The van der Waals surface area contributed by atoms with Crippen LogP contribution < -0.4 is 0 Å². The van der Waals surface area contributed by atoms with Gasteiger partial charge in [-0.3, -0.25) is 0 Å². The van der Waals surface area contributed by atoms with Crippen molar-refractivity contribution in [2.75, 3.05) is 0 Å². The van der Waals surface area contributed by atoms with Gasteiger partial charge in [0.15, 0.2) is 0 Å². The van der Waals surface area contributed by atoms with Gasteiger partial charge in [-0.25, -0.2) is 0 Å². The van der Waals surface area contributed by atoms with Gasteiger partial charge in [-0.1, -0.05) is 558 Å². The van der Waals surface area contributed by atoms with Crippen molar-refractivity contribution in [3.63, 3.8) is 0 Å². The van der Waals surface area contributed by atoms with Crippen LogP contribution in [0.5, 0.6) is 0 Å². The van der Waals surface area contributed by atoms with E-state index >= 15 is 0 Å². The fourth-order valence-corrected chi connectivity index (χ4v) is 24.0. The van der Waals surface area contributed by atoms with E-state index in [2.05, 4.69) is 250 Å². The van der Waals surface area contributed by atoms with Crippen LogP contribution >= 0.6 is 0 Å². The van der Waals surface area contributed by atoms with Gasteiger partial charge in [0, 0.05) is 0 Å². The average Bonchev–Trinajstić information content (AvgIpc) is 0.716. The quantitative estimate of drug-likeness (QED) is 0.0333. The summed E-state index contributed by atoms with van der Waals surface area (Å²) >= 11 is 0. The van der Waals surface area contributed by atoms with Crippen LogP contribution in [0.15, 0.2) is 194 Å². The first-order valence-electron chi connectivity index (χ1n) is 63.5. The maximum Gasteiger partial charge on any atom is -0.0108 e. The first-order chi connectivity index (χ1) is 72.2. The van der Waals surface area contributed by atoms with E-state index in [1.807, 2.05) is 0 Å². The number of fused-ring (bicyclic) bond motifs is 1. The van der Waals surface area contributed by atoms with Crippen LogP contribution in [0.4, 0.5) is 0 Å². The molecule has 0 radical (unpaired) electrons. The third-order valence-corrected chi connectivity index (χ3v) is 33.7. The van der Waals surface area contributed by atoms with Crippen molar-refractivity contribution < 1.29 is 0 Å². The molecular formula is C146H216.